The second-order valence-electron chi connectivity index (χ2n) is 7.38. The van der Waals surface area contributed by atoms with Gasteiger partial charge in [-0.15, -0.1) is 0 Å². The fourth-order valence-corrected chi connectivity index (χ4v) is 4.48. The molecule has 26 heavy (non-hydrogen) atoms. The Morgan fingerprint density at radius 2 is 2.08 bits per heavy atom. The summed E-state index contributed by atoms with van der Waals surface area (Å²) in [5, 5.41) is 8.97. The first kappa shape index (κ1) is 19.5. The van der Waals surface area contributed by atoms with Crippen LogP contribution >= 0.6 is 11.9 Å². The van der Waals surface area contributed by atoms with Crippen LogP contribution in [-0.2, 0) is 9.53 Å². The van der Waals surface area contributed by atoms with Crippen molar-refractivity contribution < 1.29 is 18.3 Å². The summed E-state index contributed by atoms with van der Waals surface area (Å²) < 4.78 is 33.0. The van der Waals surface area contributed by atoms with Crippen molar-refractivity contribution in [2.45, 2.75) is 62.7 Å². The number of alkyl halides is 2. The lowest BCUT2D eigenvalue weighted by atomic mass is 9.71. The topological polar surface area (TPSA) is 77.2 Å². The number of hydrogen-bond donors (Lipinski definition) is 2. The molecule has 8 heteroatoms. The summed E-state index contributed by atoms with van der Waals surface area (Å²) in [5.74, 6) is -2.63. The predicted octanol–water partition coefficient (Wildman–Crippen LogP) is 3.85. The first-order valence-electron chi connectivity index (χ1n) is 8.97. The van der Waals surface area contributed by atoms with E-state index in [9.17, 15) is 13.6 Å². The SMILES string of the molecule is CC1C(C2CCC(F)(F)CC2)[C@H](C(=O)Nc2ccnc(SN)c2)O[C@@H]1C. The molecular formula is C18H25F2N3O2S. The highest BCUT2D eigenvalue weighted by atomic mass is 32.2. The van der Waals surface area contributed by atoms with Crippen LogP contribution in [0.2, 0.25) is 0 Å². The number of carbonyl (C=O) groups is 1. The lowest BCUT2D eigenvalue weighted by Gasteiger charge is -2.35. The molecule has 0 aromatic carbocycles. The van der Waals surface area contributed by atoms with E-state index < -0.39 is 12.0 Å². The van der Waals surface area contributed by atoms with Crippen molar-refractivity contribution >= 4 is 23.5 Å². The summed E-state index contributed by atoms with van der Waals surface area (Å²) in [7, 11) is 0. The van der Waals surface area contributed by atoms with Crippen molar-refractivity contribution in [2.24, 2.45) is 22.9 Å². The number of rotatable bonds is 4. The van der Waals surface area contributed by atoms with E-state index in [4.69, 9.17) is 9.88 Å². The standard InChI is InChI=1S/C18H25F2N3O2S/c1-10-11(2)25-16(15(10)12-3-6-18(19,20)7-4-12)17(24)23-13-5-8-22-14(9-13)26-21/h5,8-12,15-16H,3-4,6-7,21H2,1-2H3,(H,22,23,24)/t10?,11-,15?,16-/m1/s1. The molecule has 0 radical (unpaired) electrons. The number of carbonyl (C=O) groups excluding carboxylic acids is 1. The Balaban J connectivity index is 1.72. The monoisotopic (exact) mass is 385 g/mol. The van der Waals surface area contributed by atoms with Crippen LogP contribution in [0.25, 0.3) is 0 Å². The van der Waals surface area contributed by atoms with Gasteiger partial charge in [0.05, 0.1) is 6.10 Å². The van der Waals surface area contributed by atoms with Gasteiger partial charge in [0.25, 0.3) is 5.91 Å². The summed E-state index contributed by atoms with van der Waals surface area (Å²) in [6.45, 7) is 3.99. The number of ether oxygens (including phenoxy) is 1. The highest BCUT2D eigenvalue weighted by molar-refractivity contribution is 7.97. The van der Waals surface area contributed by atoms with E-state index in [1.165, 1.54) is 0 Å². The zero-order chi connectivity index (χ0) is 18.9. The molecule has 2 unspecified atom stereocenters. The van der Waals surface area contributed by atoms with E-state index in [2.05, 4.69) is 10.3 Å². The summed E-state index contributed by atoms with van der Waals surface area (Å²) in [6.07, 6.45) is 1.53. The van der Waals surface area contributed by atoms with Crippen molar-refractivity contribution in [1.82, 2.24) is 4.98 Å². The first-order chi connectivity index (χ1) is 12.3. The van der Waals surface area contributed by atoms with Crippen LogP contribution in [0.3, 0.4) is 0 Å². The zero-order valence-corrected chi connectivity index (χ0v) is 15.8. The molecule has 5 nitrogen and oxygen atoms in total. The fraction of sp³-hybridized carbons (Fsp3) is 0.667. The molecule has 3 N–H and O–H groups in total. The molecule has 1 aromatic rings. The van der Waals surface area contributed by atoms with Gasteiger partial charge in [0, 0.05) is 30.6 Å². The van der Waals surface area contributed by atoms with Gasteiger partial charge in [-0.2, -0.15) is 0 Å². The van der Waals surface area contributed by atoms with Crippen molar-refractivity contribution in [3.05, 3.63) is 18.3 Å². The molecule has 1 aliphatic heterocycles. The van der Waals surface area contributed by atoms with E-state index in [0.29, 0.717) is 23.6 Å². The number of aromatic nitrogens is 1. The number of nitrogens with one attached hydrogen (secondary N) is 1. The molecule has 2 heterocycles. The van der Waals surface area contributed by atoms with Crippen molar-refractivity contribution in [3.8, 4) is 0 Å². The highest BCUT2D eigenvalue weighted by Crippen LogP contribution is 2.46. The lowest BCUT2D eigenvalue weighted by molar-refractivity contribution is -0.129. The molecule has 1 aliphatic carbocycles. The molecule has 3 rings (SSSR count). The highest BCUT2D eigenvalue weighted by Gasteiger charge is 2.49. The van der Waals surface area contributed by atoms with Gasteiger partial charge in [-0.1, -0.05) is 6.92 Å². The maximum atomic E-state index is 13.5. The quantitative estimate of drug-likeness (QED) is 0.770. The van der Waals surface area contributed by atoms with Crippen LogP contribution in [0.5, 0.6) is 0 Å². The number of nitrogens with two attached hydrogens (primary N) is 1. The lowest BCUT2D eigenvalue weighted by Crippen LogP contribution is -2.40. The Morgan fingerprint density at radius 3 is 2.73 bits per heavy atom. The minimum absolute atomic E-state index is 0.0497. The molecule has 2 fully saturated rings. The molecule has 1 amide bonds. The predicted molar refractivity (Wildman–Crippen MR) is 96.8 cm³/mol. The van der Waals surface area contributed by atoms with Crippen molar-refractivity contribution in [2.75, 3.05) is 5.32 Å². The molecule has 144 valence electrons. The average molecular weight is 385 g/mol. The van der Waals surface area contributed by atoms with Gasteiger partial charge < -0.3 is 10.1 Å². The molecule has 1 aromatic heterocycles. The van der Waals surface area contributed by atoms with Crippen LogP contribution in [0, 0.1) is 17.8 Å². The maximum absolute atomic E-state index is 13.5. The third kappa shape index (κ3) is 4.18. The Labute approximate surface area is 156 Å². The van der Waals surface area contributed by atoms with E-state index in [1.807, 2.05) is 13.8 Å². The number of anilines is 1. The molecular weight excluding hydrogens is 360 g/mol. The second-order valence-corrected chi connectivity index (χ2v) is 8.04. The molecule has 0 bridgehead atoms. The largest absolute Gasteiger partial charge is 0.365 e. The van der Waals surface area contributed by atoms with Gasteiger partial charge in [-0.05, 0) is 55.7 Å². The number of amides is 1. The van der Waals surface area contributed by atoms with Gasteiger partial charge in [0.15, 0.2) is 0 Å². The molecule has 2 aliphatic rings. The smallest absolute Gasteiger partial charge is 0.253 e. The maximum Gasteiger partial charge on any atom is 0.253 e. The van der Waals surface area contributed by atoms with Gasteiger partial charge in [0.1, 0.15) is 11.1 Å². The van der Waals surface area contributed by atoms with Gasteiger partial charge in [0.2, 0.25) is 5.92 Å². The van der Waals surface area contributed by atoms with Crippen molar-refractivity contribution in [1.29, 1.82) is 0 Å². The summed E-state index contributed by atoms with van der Waals surface area (Å²) in [6, 6.07) is 3.39. The summed E-state index contributed by atoms with van der Waals surface area (Å²) in [5.41, 5.74) is 0.600. The van der Waals surface area contributed by atoms with Crippen LogP contribution in [0.4, 0.5) is 14.5 Å². The van der Waals surface area contributed by atoms with Crippen LogP contribution in [-0.4, -0.2) is 29.0 Å². The number of halogens is 2. The van der Waals surface area contributed by atoms with E-state index >= 15 is 0 Å². The number of pyridine rings is 1. The zero-order valence-electron chi connectivity index (χ0n) is 15.0. The van der Waals surface area contributed by atoms with E-state index in [0.717, 1.165) is 11.9 Å². The Morgan fingerprint density at radius 1 is 1.38 bits per heavy atom. The van der Waals surface area contributed by atoms with Crippen LogP contribution in [0.1, 0.15) is 39.5 Å². The van der Waals surface area contributed by atoms with E-state index in [-0.39, 0.29) is 42.6 Å². The molecule has 4 atom stereocenters. The first-order valence-corrected chi connectivity index (χ1v) is 9.85. The fourth-order valence-electron chi connectivity index (χ4n) is 4.16. The molecule has 1 saturated carbocycles. The summed E-state index contributed by atoms with van der Waals surface area (Å²) >= 11 is 1.00. The van der Waals surface area contributed by atoms with Crippen LogP contribution in [0.15, 0.2) is 23.4 Å². The molecule has 1 saturated heterocycles. The van der Waals surface area contributed by atoms with Gasteiger partial charge in [-0.3, -0.25) is 9.93 Å². The van der Waals surface area contributed by atoms with Gasteiger partial charge >= 0.3 is 0 Å². The Hall–Kier alpha value is -1.25. The normalized spacial score (nSPS) is 31.7. The van der Waals surface area contributed by atoms with E-state index in [1.54, 1.807) is 18.3 Å². The second kappa shape index (κ2) is 7.78. The summed E-state index contributed by atoms with van der Waals surface area (Å²) in [4.78, 5) is 16.9. The Kier molecular flexibility index (Phi) is 5.84. The number of nitrogens with zero attached hydrogens (tertiary/aromatic N) is 1. The Bertz CT molecular complexity index is 651. The minimum Gasteiger partial charge on any atom is -0.365 e. The van der Waals surface area contributed by atoms with Crippen molar-refractivity contribution in [3.63, 3.8) is 0 Å². The van der Waals surface area contributed by atoms with Crippen LogP contribution < -0.4 is 10.5 Å². The molecule has 0 spiro atoms. The minimum atomic E-state index is -2.57. The van der Waals surface area contributed by atoms with Gasteiger partial charge in [-0.25, -0.2) is 13.8 Å². The number of hydrogen-bond acceptors (Lipinski definition) is 5. The average Bonchev–Trinajstić information content (AvgIpc) is 2.91. The third-order valence-electron chi connectivity index (χ3n) is 5.75. The third-order valence-corrected chi connectivity index (χ3v) is 6.21.